The number of benzene rings is 2. The third-order valence-corrected chi connectivity index (χ3v) is 5.66. The minimum Gasteiger partial charge on any atom is -0.334 e. The molecule has 0 saturated heterocycles. The zero-order valence-corrected chi connectivity index (χ0v) is 17.8. The summed E-state index contributed by atoms with van der Waals surface area (Å²) in [5.74, 6) is 0.343. The van der Waals surface area contributed by atoms with E-state index in [-0.39, 0.29) is 25.0 Å². The van der Waals surface area contributed by atoms with E-state index in [1.807, 2.05) is 0 Å². The molecule has 0 aliphatic heterocycles. The number of alkyl halides is 3. The van der Waals surface area contributed by atoms with Crippen LogP contribution in [0, 0.1) is 4.77 Å². The maximum atomic E-state index is 13.1. The molecule has 2 aromatic carbocycles. The molecule has 0 spiro atoms. The molecule has 1 amide bonds. The monoisotopic (exact) mass is 466 g/mol. The van der Waals surface area contributed by atoms with Gasteiger partial charge in [-0.15, -0.1) is 0 Å². The number of hydrogen-bond acceptors (Lipinski definition) is 3. The van der Waals surface area contributed by atoms with E-state index >= 15 is 0 Å². The van der Waals surface area contributed by atoms with Crippen molar-refractivity contribution in [3.8, 4) is 11.4 Å². The van der Waals surface area contributed by atoms with Crippen molar-refractivity contribution >= 4 is 29.7 Å². The van der Waals surface area contributed by atoms with Crippen molar-refractivity contribution in [2.75, 3.05) is 0 Å². The van der Waals surface area contributed by atoms with Crippen LogP contribution in [0.4, 0.5) is 13.2 Å². The molecule has 1 aromatic heterocycles. The lowest BCUT2D eigenvalue weighted by molar-refractivity contribution is -0.137. The van der Waals surface area contributed by atoms with Gasteiger partial charge in [0.15, 0.2) is 10.6 Å². The highest BCUT2D eigenvalue weighted by Gasteiger charge is 2.34. The van der Waals surface area contributed by atoms with E-state index in [1.54, 1.807) is 33.7 Å². The SMILES string of the molecule is O=C(Cn1c(-c2ccc(Cl)cc2)n[nH]c1=S)N(Cc1ccc(C(F)(F)F)cc1)C1CC1. The van der Waals surface area contributed by atoms with E-state index in [0.29, 0.717) is 21.2 Å². The second-order valence-electron chi connectivity index (χ2n) is 7.39. The van der Waals surface area contributed by atoms with Gasteiger partial charge in [0.05, 0.1) is 5.56 Å². The lowest BCUT2D eigenvalue weighted by Gasteiger charge is -2.23. The lowest BCUT2D eigenvalue weighted by atomic mass is 10.1. The van der Waals surface area contributed by atoms with Gasteiger partial charge in [0.1, 0.15) is 6.54 Å². The van der Waals surface area contributed by atoms with Gasteiger partial charge in [0, 0.05) is 23.2 Å². The quantitative estimate of drug-likeness (QED) is 0.490. The maximum absolute atomic E-state index is 13.1. The van der Waals surface area contributed by atoms with Gasteiger partial charge in [-0.05, 0) is 67.0 Å². The van der Waals surface area contributed by atoms with E-state index in [2.05, 4.69) is 10.2 Å². The van der Waals surface area contributed by atoms with Crippen molar-refractivity contribution in [2.45, 2.75) is 38.1 Å². The molecule has 1 fully saturated rings. The highest BCUT2D eigenvalue weighted by molar-refractivity contribution is 7.71. The van der Waals surface area contributed by atoms with Crippen molar-refractivity contribution in [3.63, 3.8) is 0 Å². The van der Waals surface area contributed by atoms with E-state index in [9.17, 15) is 18.0 Å². The molecule has 10 heteroatoms. The zero-order valence-electron chi connectivity index (χ0n) is 16.2. The number of H-pyrrole nitrogens is 1. The highest BCUT2D eigenvalue weighted by Crippen LogP contribution is 2.31. The van der Waals surface area contributed by atoms with Crippen molar-refractivity contribution in [3.05, 3.63) is 69.5 Å². The summed E-state index contributed by atoms with van der Waals surface area (Å²) >= 11 is 11.3. The smallest absolute Gasteiger partial charge is 0.334 e. The Morgan fingerprint density at radius 2 is 1.81 bits per heavy atom. The minimum atomic E-state index is -4.39. The van der Waals surface area contributed by atoms with Crippen molar-refractivity contribution in [1.29, 1.82) is 0 Å². The summed E-state index contributed by atoms with van der Waals surface area (Å²) in [5, 5.41) is 7.53. The maximum Gasteiger partial charge on any atom is 0.416 e. The Morgan fingerprint density at radius 3 is 2.39 bits per heavy atom. The van der Waals surface area contributed by atoms with Crippen LogP contribution in [0.25, 0.3) is 11.4 Å². The molecule has 0 radical (unpaired) electrons. The molecular weight excluding hydrogens is 449 g/mol. The Kier molecular flexibility index (Phi) is 5.90. The van der Waals surface area contributed by atoms with Crippen molar-refractivity contribution in [1.82, 2.24) is 19.7 Å². The molecular formula is C21H18ClF3N4OS. The fourth-order valence-electron chi connectivity index (χ4n) is 3.31. The molecule has 1 heterocycles. The number of nitrogens with zero attached hydrogens (tertiary/aromatic N) is 3. The minimum absolute atomic E-state index is 0.0234. The van der Waals surface area contributed by atoms with E-state index < -0.39 is 11.7 Å². The van der Waals surface area contributed by atoms with E-state index in [4.69, 9.17) is 23.8 Å². The fraction of sp³-hybridized carbons (Fsp3) is 0.286. The topological polar surface area (TPSA) is 53.9 Å². The average Bonchev–Trinajstić information content (AvgIpc) is 3.51. The molecule has 1 aliphatic rings. The normalized spacial score (nSPS) is 13.9. The van der Waals surface area contributed by atoms with Crippen LogP contribution >= 0.6 is 23.8 Å². The summed E-state index contributed by atoms with van der Waals surface area (Å²) in [6, 6.07) is 12.0. The number of carbonyl (C=O) groups excluding carboxylic acids is 1. The standard InChI is InChI=1S/C21H18ClF3N4OS/c22-16-7-3-14(4-8-16)19-26-27-20(31)29(19)12-18(30)28(17-9-10-17)11-13-1-5-15(6-2-13)21(23,24)25/h1-8,17H,9-12H2,(H,27,31). The molecule has 5 nitrogen and oxygen atoms in total. The third kappa shape index (κ3) is 4.99. The third-order valence-electron chi connectivity index (χ3n) is 5.10. The number of aromatic amines is 1. The molecule has 0 bridgehead atoms. The van der Waals surface area contributed by atoms with Gasteiger partial charge in [0.2, 0.25) is 5.91 Å². The zero-order chi connectivity index (χ0) is 22.2. The molecule has 0 unspecified atom stereocenters. The van der Waals surface area contributed by atoms with Gasteiger partial charge in [-0.25, -0.2) is 0 Å². The van der Waals surface area contributed by atoms with Gasteiger partial charge in [-0.1, -0.05) is 23.7 Å². The molecule has 1 N–H and O–H groups in total. The van der Waals surface area contributed by atoms with Gasteiger partial charge in [0.25, 0.3) is 0 Å². The molecule has 1 aliphatic carbocycles. The first kappa shape index (κ1) is 21.6. The summed E-state index contributed by atoms with van der Waals surface area (Å²) in [4.78, 5) is 14.8. The average molecular weight is 467 g/mol. The number of nitrogens with one attached hydrogen (secondary N) is 1. The summed E-state index contributed by atoms with van der Waals surface area (Å²) in [6.07, 6.45) is -2.65. The van der Waals surface area contributed by atoms with Gasteiger partial charge in [-0.3, -0.25) is 14.5 Å². The highest BCUT2D eigenvalue weighted by atomic mass is 35.5. The van der Waals surface area contributed by atoms with Crippen LogP contribution in [-0.4, -0.2) is 31.6 Å². The van der Waals surface area contributed by atoms with Crippen molar-refractivity contribution < 1.29 is 18.0 Å². The Bertz CT molecular complexity index is 1140. The fourth-order valence-corrected chi connectivity index (χ4v) is 3.64. The van der Waals surface area contributed by atoms with Gasteiger partial charge in [-0.2, -0.15) is 18.3 Å². The summed E-state index contributed by atoms with van der Waals surface area (Å²) in [7, 11) is 0. The van der Waals surface area contributed by atoms with Crippen LogP contribution < -0.4 is 0 Å². The van der Waals surface area contributed by atoms with Crippen LogP contribution in [0.15, 0.2) is 48.5 Å². The summed E-state index contributed by atoms with van der Waals surface area (Å²) in [5.41, 5.74) is 0.685. The lowest BCUT2D eigenvalue weighted by Crippen LogP contribution is -2.35. The van der Waals surface area contributed by atoms with Crippen molar-refractivity contribution in [2.24, 2.45) is 0 Å². The molecule has 162 valence electrons. The molecule has 1 saturated carbocycles. The molecule has 31 heavy (non-hydrogen) atoms. The molecule has 0 atom stereocenters. The predicted molar refractivity (Wildman–Crippen MR) is 113 cm³/mol. The number of hydrogen-bond donors (Lipinski definition) is 1. The Balaban J connectivity index is 1.53. The van der Waals surface area contributed by atoms with E-state index in [0.717, 1.165) is 30.5 Å². The van der Waals surface area contributed by atoms with Gasteiger partial charge >= 0.3 is 6.18 Å². The Labute approximate surface area is 186 Å². The van der Waals surface area contributed by atoms with Crippen LogP contribution in [0.5, 0.6) is 0 Å². The first-order valence-corrected chi connectivity index (χ1v) is 10.4. The number of amides is 1. The first-order valence-electron chi connectivity index (χ1n) is 9.59. The Hall–Kier alpha value is -2.65. The van der Waals surface area contributed by atoms with Crippen LogP contribution in [0.3, 0.4) is 0 Å². The van der Waals surface area contributed by atoms with Crippen LogP contribution in [0.1, 0.15) is 24.0 Å². The Morgan fingerprint density at radius 1 is 1.16 bits per heavy atom. The predicted octanol–water partition coefficient (Wildman–Crippen LogP) is 5.47. The second-order valence-corrected chi connectivity index (χ2v) is 8.22. The van der Waals surface area contributed by atoms with E-state index in [1.165, 1.54) is 12.1 Å². The number of carbonyl (C=O) groups is 1. The second kappa shape index (κ2) is 8.47. The van der Waals surface area contributed by atoms with Gasteiger partial charge < -0.3 is 4.90 Å². The summed E-state index contributed by atoms with van der Waals surface area (Å²) in [6.45, 7) is 0.216. The largest absolute Gasteiger partial charge is 0.416 e. The number of rotatable bonds is 6. The van der Waals surface area contributed by atoms with Crippen LogP contribution in [0.2, 0.25) is 5.02 Å². The molecule has 3 aromatic rings. The molecule has 4 rings (SSSR count). The summed E-state index contributed by atoms with van der Waals surface area (Å²) < 4.78 is 40.3. The number of halogens is 4. The first-order chi connectivity index (χ1) is 14.7. The number of aromatic nitrogens is 3. The van der Waals surface area contributed by atoms with Crippen LogP contribution in [-0.2, 0) is 24.1 Å².